The zero-order valence-electron chi connectivity index (χ0n) is 23.2. The second-order valence-corrected chi connectivity index (χ2v) is 10.5. The van der Waals surface area contributed by atoms with Crippen molar-refractivity contribution >= 4 is 28.3 Å². The van der Waals surface area contributed by atoms with E-state index < -0.39 is 11.7 Å². The zero-order chi connectivity index (χ0) is 27.9. The van der Waals surface area contributed by atoms with Gasteiger partial charge in [-0.25, -0.2) is 4.79 Å². The van der Waals surface area contributed by atoms with Crippen molar-refractivity contribution in [2.45, 2.75) is 64.7 Å². The van der Waals surface area contributed by atoms with Crippen LogP contribution >= 0.6 is 15.9 Å². The fourth-order valence-corrected chi connectivity index (χ4v) is 3.49. The van der Waals surface area contributed by atoms with Gasteiger partial charge in [0.25, 0.3) is 0 Å². The Balaban J connectivity index is 2.12. The molecule has 0 heterocycles. The van der Waals surface area contributed by atoms with Gasteiger partial charge in [-0.2, -0.15) is 0 Å². The van der Waals surface area contributed by atoms with Gasteiger partial charge < -0.3 is 38.5 Å². The topological polar surface area (TPSA) is 102 Å². The molecule has 1 aromatic rings. The van der Waals surface area contributed by atoms with Gasteiger partial charge in [0.1, 0.15) is 11.9 Å². The molecule has 0 spiro atoms. The highest BCUT2D eigenvalue weighted by atomic mass is 79.9. The third-order valence-corrected chi connectivity index (χ3v) is 5.38. The van der Waals surface area contributed by atoms with E-state index in [-0.39, 0.29) is 6.04 Å². The van der Waals surface area contributed by atoms with E-state index in [9.17, 15) is 9.59 Å². The van der Waals surface area contributed by atoms with E-state index in [1.54, 1.807) is 20.8 Å². The standard InChI is InChI=1S/C28H46BrNO8/c1-28(2,3)38-27(32)30-26(7-4-13-31)23-37-22-25-10-8-24(9-11-25)6-5-14-33-16-18-35-20-21-36-19-17-34-15-12-29/h8-11,13,26H,4-7,12,14-23H2,1-3H3,(H,30,32). The van der Waals surface area contributed by atoms with Crippen LogP contribution in [0.1, 0.15) is 51.2 Å². The van der Waals surface area contributed by atoms with E-state index in [4.69, 9.17) is 28.4 Å². The van der Waals surface area contributed by atoms with Crippen molar-refractivity contribution in [3.8, 4) is 0 Å². The highest BCUT2D eigenvalue weighted by molar-refractivity contribution is 9.09. The number of rotatable bonds is 23. The van der Waals surface area contributed by atoms with Gasteiger partial charge in [-0.15, -0.1) is 0 Å². The molecule has 1 aromatic carbocycles. The number of benzene rings is 1. The van der Waals surface area contributed by atoms with Crippen LogP contribution in [0.5, 0.6) is 0 Å². The fraction of sp³-hybridized carbons (Fsp3) is 0.714. The molecule has 0 saturated carbocycles. The third kappa shape index (κ3) is 20.4. The lowest BCUT2D eigenvalue weighted by Crippen LogP contribution is -2.41. The summed E-state index contributed by atoms with van der Waals surface area (Å²) >= 11 is 3.30. The summed E-state index contributed by atoms with van der Waals surface area (Å²) in [7, 11) is 0. The molecule has 0 radical (unpaired) electrons. The third-order valence-electron chi connectivity index (χ3n) is 5.06. The van der Waals surface area contributed by atoms with Gasteiger partial charge in [-0.05, 0) is 51.2 Å². The number of hydrogen-bond donors (Lipinski definition) is 1. The van der Waals surface area contributed by atoms with Crippen molar-refractivity contribution in [2.24, 2.45) is 0 Å². The van der Waals surface area contributed by atoms with Crippen LogP contribution in [0.25, 0.3) is 0 Å². The molecular formula is C28H46BrNO8. The summed E-state index contributed by atoms with van der Waals surface area (Å²) in [6, 6.07) is 7.98. The summed E-state index contributed by atoms with van der Waals surface area (Å²) in [5.41, 5.74) is 1.70. The predicted molar refractivity (Wildman–Crippen MR) is 150 cm³/mol. The normalized spacial score (nSPS) is 12.3. The van der Waals surface area contributed by atoms with Crippen molar-refractivity contribution in [3.05, 3.63) is 35.4 Å². The highest BCUT2D eigenvalue weighted by Gasteiger charge is 2.19. The fourth-order valence-electron chi connectivity index (χ4n) is 3.26. The number of alkyl carbamates (subject to hydrolysis) is 1. The first kappa shape index (κ1) is 34.5. The molecule has 0 saturated heterocycles. The molecule has 1 atom stereocenters. The quantitative estimate of drug-likeness (QED) is 0.111. The SMILES string of the molecule is CC(C)(C)OC(=O)NC(CCC=O)COCc1ccc(CCCOCCOCCOCCOCCBr)cc1. The smallest absolute Gasteiger partial charge is 0.407 e. The molecule has 9 nitrogen and oxygen atoms in total. The maximum Gasteiger partial charge on any atom is 0.407 e. The summed E-state index contributed by atoms with van der Waals surface area (Å²) in [6.07, 6.45) is 3.04. The molecule has 218 valence electrons. The first-order chi connectivity index (χ1) is 18.3. The van der Waals surface area contributed by atoms with Crippen LogP contribution in [0.3, 0.4) is 0 Å². The Hall–Kier alpha value is -1.56. The molecule has 1 amide bonds. The molecule has 0 aromatic heterocycles. The summed E-state index contributed by atoms with van der Waals surface area (Å²) in [4.78, 5) is 22.8. The second kappa shape index (κ2) is 22.3. The van der Waals surface area contributed by atoms with Crippen molar-refractivity contribution in [3.63, 3.8) is 0 Å². The van der Waals surface area contributed by atoms with Gasteiger partial charge in [0.05, 0.1) is 65.5 Å². The minimum Gasteiger partial charge on any atom is -0.444 e. The Kier molecular flexibility index (Phi) is 20.2. The number of aryl methyl sites for hydroxylation is 1. The maximum atomic E-state index is 12.0. The first-order valence-corrected chi connectivity index (χ1v) is 14.4. The summed E-state index contributed by atoms with van der Waals surface area (Å²) in [5, 5.41) is 3.62. The van der Waals surface area contributed by atoms with Gasteiger partial charge in [-0.3, -0.25) is 0 Å². The van der Waals surface area contributed by atoms with E-state index in [1.165, 1.54) is 5.56 Å². The maximum absolute atomic E-state index is 12.0. The van der Waals surface area contributed by atoms with Gasteiger partial charge in [-0.1, -0.05) is 40.2 Å². The Morgan fingerprint density at radius 1 is 0.868 bits per heavy atom. The minimum absolute atomic E-state index is 0.290. The average Bonchev–Trinajstić information content (AvgIpc) is 2.87. The molecule has 10 heteroatoms. The number of alkyl halides is 1. The molecule has 0 bridgehead atoms. The Bertz CT molecular complexity index is 727. The lowest BCUT2D eigenvalue weighted by Gasteiger charge is -2.23. The Labute approximate surface area is 236 Å². The molecule has 1 unspecified atom stereocenters. The summed E-state index contributed by atoms with van der Waals surface area (Å²) in [5.74, 6) is 0. The molecule has 38 heavy (non-hydrogen) atoms. The largest absolute Gasteiger partial charge is 0.444 e. The van der Waals surface area contributed by atoms with Crippen LogP contribution in [0, 0.1) is 0 Å². The van der Waals surface area contributed by atoms with E-state index in [0.29, 0.717) is 78.9 Å². The van der Waals surface area contributed by atoms with Crippen LogP contribution < -0.4 is 5.32 Å². The number of aldehydes is 1. The van der Waals surface area contributed by atoms with E-state index in [0.717, 1.165) is 30.0 Å². The molecule has 0 aliphatic heterocycles. The van der Waals surface area contributed by atoms with Crippen molar-refractivity contribution < 1.29 is 38.0 Å². The van der Waals surface area contributed by atoms with Crippen molar-refractivity contribution in [1.82, 2.24) is 5.32 Å². The highest BCUT2D eigenvalue weighted by Crippen LogP contribution is 2.10. The second-order valence-electron chi connectivity index (χ2n) is 9.66. The molecule has 0 fully saturated rings. The number of halogens is 1. The van der Waals surface area contributed by atoms with Crippen LogP contribution in [-0.2, 0) is 46.2 Å². The molecule has 0 aliphatic carbocycles. The average molecular weight is 605 g/mol. The molecule has 1 N–H and O–H groups in total. The Morgan fingerprint density at radius 3 is 1.97 bits per heavy atom. The Morgan fingerprint density at radius 2 is 1.42 bits per heavy atom. The first-order valence-electron chi connectivity index (χ1n) is 13.3. The van der Waals surface area contributed by atoms with E-state index >= 15 is 0 Å². The van der Waals surface area contributed by atoms with Crippen molar-refractivity contribution in [1.29, 1.82) is 0 Å². The number of carbonyl (C=O) groups is 2. The summed E-state index contributed by atoms with van der Waals surface area (Å²) < 4.78 is 32.9. The van der Waals surface area contributed by atoms with Gasteiger partial charge >= 0.3 is 6.09 Å². The van der Waals surface area contributed by atoms with Gasteiger partial charge in [0, 0.05) is 18.4 Å². The lowest BCUT2D eigenvalue weighted by molar-refractivity contribution is -0.108. The number of carbonyl (C=O) groups excluding carboxylic acids is 2. The summed E-state index contributed by atoms with van der Waals surface area (Å²) in [6.45, 7) is 10.9. The van der Waals surface area contributed by atoms with Crippen molar-refractivity contribution in [2.75, 3.05) is 64.8 Å². The van der Waals surface area contributed by atoms with Gasteiger partial charge in [0.15, 0.2) is 0 Å². The van der Waals surface area contributed by atoms with Crippen LogP contribution in [-0.4, -0.2) is 88.8 Å². The molecule has 1 rings (SSSR count). The van der Waals surface area contributed by atoms with Gasteiger partial charge in [0.2, 0.25) is 0 Å². The van der Waals surface area contributed by atoms with E-state index in [1.807, 2.05) is 12.1 Å². The number of hydrogen-bond acceptors (Lipinski definition) is 8. The zero-order valence-corrected chi connectivity index (χ0v) is 24.8. The monoisotopic (exact) mass is 603 g/mol. The number of ether oxygens (including phenoxy) is 6. The van der Waals surface area contributed by atoms with Crippen LogP contribution in [0.15, 0.2) is 24.3 Å². The number of amides is 1. The predicted octanol–water partition coefficient (Wildman–Crippen LogP) is 4.47. The van der Waals surface area contributed by atoms with Crippen LogP contribution in [0.4, 0.5) is 4.79 Å². The number of nitrogens with one attached hydrogen (secondary N) is 1. The van der Waals surface area contributed by atoms with Crippen LogP contribution in [0.2, 0.25) is 0 Å². The lowest BCUT2D eigenvalue weighted by atomic mass is 10.1. The minimum atomic E-state index is -0.583. The molecule has 0 aliphatic rings. The van der Waals surface area contributed by atoms with E-state index in [2.05, 4.69) is 33.4 Å². The molecular weight excluding hydrogens is 558 g/mol.